The van der Waals surface area contributed by atoms with Gasteiger partial charge in [-0.25, -0.2) is 18.1 Å². The number of urea groups is 1. The van der Waals surface area contributed by atoms with Crippen molar-refractivity contribution in [1.29, 1.82) is 0 Å². The molecule has 2 atom stereocenters. The van der Waals surface area contributed by atoms with Crippen LogP contribution in [-0.4, -0.2) is 49.5 Å². The Labute approximate surface area is 162 Å². The molecule has 2 fully saturated rings. The van der Waals surface area contributed by atoms with E-state index in [2.05, 4.69) is 5.32 Å². The normalized spacial score (nSPS) is 22.7. The average molecular weight is 401 g/mol. The molecule has 2 aliphatic heterocycles. The maximum absolute atomic E-state index is 13.0. The fourth-order valence-electron chi connectivity index (χ4n) is 3.57. The molecule has 0 spiro atoms. The van der Waals surface area contributed by atoms with E-state index >= 15 is 0 Å². The minimum Gasteiger partial charge on any atom is -0.457 e. The Morgan fingerprint density at radius 1 is 1.00 bits per heavy atom. The third-order valence-electron chi connectivity index (χ3n) is 4.84. The van der Waals surface area contributed by atoms with E-state index < -0.39 is 34.0 Å². The van der Waals surface area contributed by atoms with Crippen molar-refractivity contribution in [2.24, 2.45) is 0 Å². The molecular weight excluding hydrogens is 382 g/mol. The lowest BCUT2D eigenvalue weighted by molar-refractivity contribution is -0.122. The van der Waals surface area contributed by atoms with Gasteiger partial charge >= 0.3 is 6.03 Å². The Morgan fingerprint density at radius 3 is 2.29 bits per heavy atom. The van der Waals surface area contributed by atoms with Crippen LogP contribution in [0.3, 0.4) is 0 Å². The number of benzene rings is 2. The van der Waals surface area contributed by atoms with E-state index in [0.29, 0.717) is 23.6 Å². The summed E-state index contributed by atoms with van der Waals surface area (Å²) in [5, 5.41) is 2.74. The van der Waals surface area contributed by atoms with E-state index in [9.17, 15) is 18.0 Å². The monoisotopic (exact) mass is 401 g/mol. The highest BCUT2D eigenvalue weighted by atomic mass is 32.2. The third kappa shape index (κ3) is 3.34. The molecular formula is C19H19N3O5S. The van der Waals surface area contributed by atoms with E-state index in [0.717, 1.165) is 15.5 Å². The predicted molar refractivity (Wildman–Crippen MR) is 103 cm³/mol. The van der Waals surface area contributed by atoms with Crippen LogP contribution in [0.1, 0.15) is 6.42 Å². The van der Waals surface area contributed by atoms with Gasteiger partial charge in [-0.2, -0.15) is 4.31 Å². The summed E-state index contributed by atoms with van der Waals surface area (Å²) in [7, 11) is -3.56. The first kappa shape index (κ1) is 18.5. The summed E-state index contributed by atoms with van der Waals surface area (Å²) in [4.78, 5) is 26.4. The van der Waals surface area contributed by atoms with Gasteiger partial charge in [0.1, 0.15) is 17.5 Å². The number of ether oxygens (including phenoxy) is 1. The number of carbonyl (C=O) groups excluding carboxylic acids is 2. The predicted octanol–water partition coefficient (Wildman–Crippen LogP) is 1.94. The van der Waals surface area contributed by atoms with Crippen molar-refractivity contribution >= 4 is 27.6 Å². The summed E-state index contributed by atoms with van der Waals surface area (Å²) in [6.07, 6.45) is 1.48. The van der Waals surface area contributed by atoms with Crippen molar-refractivity contribution in [2.45, 2.75) is 18.5 Å². The standard InChI is InChI=1S/C19H19N3O5S/c1-28(25,26)21-12-11-16-17(21)18(23)22(19(24)20-16)13-7-9-15(10-8-13)27-14-5-3-2-4-6-14/h2-10,16-17H,11-12H2,1H3,(H,20,24)/t16-,17-/m0/s1. The van der Waals surface area contributed by atoms with Gasteiger partial charge in [-0.15, -0.1) is 0 Å². The number of anilines is 1. The lowest BCUT2D eigenvalue weighted by Crippen LogP contribution is -2.64. The van der Waals surface area contributed by atoms with Crippen molar-refractivity contribution in [3.63, 3.8) is 0 Å². The number of nitrogens with one attached hydrogen (secondary N) is 1. The van der Waals surface area contributed by atoms with Gasteiger partial charge < -0.3 is 10.1 Å². The number of nitrogens with zero attached hydrogens (tertiary/aromatic N) is 2. The molecule has 3 amide bonds. The lowest BCUT2D eigenvalue weighted by Gasteiger charge is -2.36. The molecule has 0 unspecified atom stereocenters. The zero-order valence-electron chi connectivity index (χ0n) is 15.1. The van der Waals surface area contributed by atoms with E-state index in [1.807, 2.05) is 30.3 Å². The van der Waals surface area contributed by atoms with Gasteiger partial charge in [0, 0.05) is 6.54 Å². The van der Waals surface area contributed by atoms with Crippen molar-refractivity contribution in [1.82, 2.24) is 9.62 Å². The highest BCUT2D eigenvalue weighted by Gasteiger charge is 2.51. The molecule has 0 saturated carbocycles. The summed E-state index contributed by atoms with van der Waals surface area (Å²) in [5.74, 6) is 0.671. The van der Waals surface area contributed by atoms with Gasteiger partial charge in [0.2, 0.25) is 10.0 Å². The minimum absolute atomic E-state index is 0.206. The Hall–Kier alpha value is -2.91. The number of hydrogen-bond donors (Lipinski definition) is 1. The molecule has 9 heteroatoms. The van der Waals surface area contributed by atoms with Gasteiger partial charge in [0.05, 0.1) is 18.0 Å². The van der Waals surface area contributed by atoms with Crippen LogP contribution in [0.15, 0.2) is 54.6 Å². The number of hydrogen-bond acceptors (Lipinski definition) is 5. The molecule has 0 aliphatic carbocycles. The second-order valence-electron chi connectivity index (χ2n) is 6.75. The number of fused-ring (bicyclic) bond motifs is 1. The zero-order valence-corrected chi connectivity index (χ0v) is 15.9. The van der Waals surface area contributed by atoms with Crippen LogP contribution in [0.5, 0.6) is 11.5 Å². The fourth-order valence-corrected chi connectivity index (χ4v) is 4.66. The minimum atomic E-state index is -3.56. The average Bonchev–Trinajstić information content (AvgIpc) is 3.08. The molecule has 0 aromatic heterocycles. The van der Waals surface area contributed by atoms with Crippen molar-refractivity contribution in [3.8, 4) is 11.5 Å². The second-order valence-corrected chi connectivity index (χ2v) is 8.68. The summed E-state index contributed by atoms with van der Waals surface area (Å²) in [6.45, 7) is 0.206. The summed E-state index contributed by atoms with van der Waals surface area (Å²) >= 11 is 0. The molecule has 0 radical (unpaired) electrons. The van der Waals surface area contributed by atoms with Gasteiger partial charge in [0.25, 0.3) is 5.91 Å². The van der Waals surface area contributed by atoms with Crippen LogP contribution in [0.4, 0.5) is 10.5 Å². The van der Waals surface area contributed by atoms with Gasteiger partial charge in [-0.1, -0.05) is 18.2 Å². The highest BCUT2D eigenvalue weighted by molar-refractivity contribution is 7.88. The molecule has 28 heavy (non-hydrogen) atoms. The molecule has 4 rings (SSSR count). The first-order valence-electron chi connectivity index (χ1n) is 8.79. The summed E-state index contributed by atoms with van der Waals surface area (Å²) in [5.41, 5.74) is 0.349. The Morgan fingerprint density at radius 2 is 1.64 bits per heavy atom. The Kier molecular flexibility index (Phi) is 4.56. The summed E-state index contributed by atoms with van der Waals surface area (Å²) < 4.78 is 30.9. The van der Waals surface area contributed by atoms with Crippen LogP contribution in [0.2, 0.25) is 0 Å². The van der Waals surface area contributed by atoms with Crippen molar-refractivity contribution < 1.29 is 22.7 Å². The van der Waals surface area contributed by atoms with Crippen LogP contribution in [0.25, 0.3) is 0 Å². The SMILES string of the molecule is CS(=O)(=O)N1CC[C@@H]2NC(=O)N(c3ccc(Oc4ccccc4)cc3)C(=O)[C@H]21. The van der Waals surface area contributed by atoms with Gasteiger partial charge in [-0.05, 0) is 42.8 Å². The molecule has 2 aliphatic rings. The number of imide groups is 1. The van der Waals surface area contributed by atoms with E-state index in [4.69, 9.17) is 4.74 Å². The molecule has 2 aromatic rings. The fraction of sp³-hybridized carbons (Fsp3) is 0.263. The third-order valence-corrected chi connectivity index (χ3v) is 6.10. The van der Waals surface area contributed by atoms with Crippen LogP contribution >= 0.6 is 0 Å². The maximum Gasteiger partial charge on any atom is 0.329 e. The second kappa shape index (κ2) is 6.92. The number of rotatable bonds is 4. The molecule has 0 bridgehead atoms. The largest absolute Gasteiger partial charge is 0.457 e. The maximum atomic E-state index is 13.0. The first-order chi connectivity index (χ1) is 13.3. The Balaban J connectivity index is 1.58. The quantitative estimate of drug-likeness (QED) is 0.845. The Bertz CT molecular complexity index is 1010. The van der Waals surface area contributed by atoms with E-state index in [1.165, 1.54) is 0 Å². The number of amides is 3. The molecule has 2 heterocycles. The molecule has 1 N–H and O–H groups in total. The van der Waals surface area contributed by atoms with Gasteiger partial charge in [-0.3, -0.25) is 4.79 Å². The van der Waals surface area contributed by atoms with Crippen LogP contribution in [-0.2, 0) is 14.8 Å². The first-order valence-corrected chi connectivity index (χ1v) is 10.6. The zero-order chi connectivity index (χ0) is 19.9. The van der Waals surface area contributed by atoms with Crippen LogP contribution < -0.4 is 15.0 Å². The topological polar surface area (TPSA) is 96.0 Å². The molecule has 146 valence electrons. The highest BCUT2D eigenvalue weighted by Crippen LogP contribution is 2.30. The molecule has 2 aromatic carbocycles. The van der Waals surface area contributed by atoms with Crippen LogP contribution in [0, 0.1) is 0 Å². The van der Waals surface area contributed by atoms with Crippen molar-refractivity contribution in [2.75, 3.05) is 17.7 Å². The number of sulfonamides is 1. The lowest BCUT2D eigenvalue weighted by atomic mass is 10.1. The van der Waals surface area contributed by atoms with E-state index in [-0.39, 0.29) is 6.54 Å². The molecule has 8 nitrogen and oxygen atoms in total. The van der Waals surface area contributed by atoms with Gasteiger partial charge in [0.15, 0.2) is 0 Å². The van der Waals surface area contributed by atoms with E-state index in [1.54, 1.807) is 24.3 Å². The number of para-hydroxylation sites is 1. The smallest absolute Gasteiger partial charge is 0.329 e. The molecule has 2 saturated heterocycles. The van der Waals surface area contributed by atoms with Crippen molar-refractivity contribution in [3.05, 3.63) is 54.6 Å². The number of carbonyl (C=O) groups is 2. The summed E-state index contributed by atoms with van der Waals surface area (Å²) in [6, 6.07) is 13.7.